The number of aromatic nitrogens is 2. The van der Waals surface area contributed by atoms with Crippen molar-refractivity contribution in [2.45, 2.75) is 24.7 Å². The lowest BCUT2D eigenvalue weighted by Crippen LogP contribution is -2.35. The van der Waals surface area contributed by atoms with Gasteiger partial charge in [-0.2, -0.15) is 15.1 Å². The summed E-state index contributed by atoms with van der Waals surface area (Å²) in [7, 11) is 1.57. The number of methoxy groups -OCH3 is 1. The number of benzene rings is 1. The first-order valence-corrected chi connectivity index (χ1v) is 8.93. The van der Waals surface area contributed by atoms with Crippen LogP contribution in [-0.2, 0) is 0 Å². The number of aliphatic hydroxyl groups excluding tert-OH is 3. The fourth-order valence-electron chi connectivity index (χ4n) is 3.01. The molecule has 1 aliphatic carbocycles. The summed E-state index contributed by atoms with van der Waals surface area (Å²) >= 11 is 6.16. The third kappa shape index (κ3) is 4.30. The molecule has 4 atom stereocenters. The van der Waals surface area contributed by atoms with Crippen molar-refractivity contribution in [3.8, 4) is 5.75 Å². The topological polar surface area (TPSA) is 158 Å². The van der Waals surface area contributed by atoms with E-state index >= 15 is 0 Å². The summed E-state index contributed by atoms with van der Waals surface area (Å²) in [6.07, 6.45) is -1.82. The lowest BCUT2D eigenvalue weighted by atomic mass is 10.1. The van der Waals surface area contributed by atoms with E-state index in [2.05, 4.69) is 25.5 Å². The number of nitrogens with two attached hydrogens (primary N) is 1. The Morgan fingerprint density at radius 2 is 1.93 bits per heavy atom. The summed E-state index contributed by atoms with van der Waals surface area (Å²) in [5, 5.41) is 40.7. The molecule has 28 heavy (non-hydrogen) atoms. The van der Waals surface area contributed by atoms with Crippen LogP contribution in [0.4, 0.5) is 23.1 Å². The number of hydrogen-bond donors (Lipinski definition) is 5. The van der Waals surface area contributed by atoms with Crippen LogP contribution in [-0.4, -0.2) is 57.3 Å². The lowest BCUT2D eigenvalue weighted by Gasteiger charge is -2.19. The van der Waals surface area contributed by atoms with Gasteiger partial charge in [-0.3, -0.25) is 0 Å². The Hall–Kier alpha value is -2.53. The second-order valence-electron chi connectivity index (χ2n) is 6.38. The first-order valence-electron chi connectivity index (χ1n) is 8.55. The summed E-state index contributed by atoms with van der Waals surface area (Å²) in [6.45, 7) is -0.243. The van der Waals surface area contributed by atoms with E-state index < -0.39 is 24.2 Å². The van der Waals surface area contributed by atoms with E-state index in [4.69, 9.17) is 22.1 Å². The molecule has 0 aliphatic heterocycles. The van der Waals surface area contributed by atoms with Gasteiger partial charge in [0.1, 0.15) is 11.9 Å². The number of rotatable bonds is 6. The number of azo groups is 1. The van der Waals surface area contributed by atoms with E-state index in [1.807, 2.05) is 0 Å². The molecule has 0 spiro atoms. The zero-order valence-electron chi connectivity index (χ0n) is 15.0. The number of ether oxygens (including phenoxy) is 1. The van der Waals surface area contributed by atoms with Gasteiger partial charge < -0.3 is 31.1 Å². The summed E-state index contributed by atoms with van der Waals surface area (Å²) in [6, 6.07) is 6.32. The van der Waals surface area contributed by atoms with Crippen LogP contribution >= 0.6 is 11.6 Å². The minimum atomic E-state index is -1.10. The molecule has 0 radical (unpaired) electrons. The van der Waals surface area contributed by atoms with E-state index in [1.54, 1.807) is 31.4 Å². The van der Waals surface area contributed by atoms with Gasteiger partial charge in [0.25, 0.3) is 0 Å². The molecule has 1 aromatic heterocycles. The Labute approximate surface area is 166 Å². The van der Waals surface area contributed by atoms with Gasteiger partial charge >= 0.3 is 0 Å². The fourth-order valence-corrected chi connectivity index (χ4v) is 3.23. The van der Waals surface area contributed by atoms with Crippen molar-refractivity contribution in [2.24, 2.45) is 16.1 Å². The van der Waals surface area contributed by atoms with E-state index in [0.29, 0.717) is 17.9 Å². The van der Waals surface area contributed by atoms with Crippen LogP contribution in [0, 0.1) is 5.92 Å². The van der Waals surface area contributed by atoms with Gasteiger partial charge in [-0.05, 0) is 30.7 Å². The molecular weight excluding hydrogens is 388 g/mol. The largest absolute Gasteiger partial charge is 0.497 e. The van der Waals surface area contributed by atoms with Crippen molar-refractivity contribution < 1.29 is 20.1 Å². The number of hydrogen-bond acceptors (Lipinski definition) is 10. The molecule has 2 aromatic rings. The van der Waals surface area contributed by atoms with E-state index in [0.717, 1.165) is 0 Å². The molecule has 150 valence electrons. The molecular formula is C17H21ClN6O4. The first-order chi connectivity index (χ1) is 13.4. The van der Waals surface area contributed by atoms with E-state index in [9.17, 15) is 15.3 Å². The Kier molecular flexibility index (Phi) is 6.25. The molecule has 10 nitrogen and oxygen atoms in total. The Morgan fingerprint density at radius 1 is 1.21 bits per heavy atom. The number of anilines is 2. The van der Waals surface area contributed by atoms with E-state index in [1.165, 1.54) is 0 Å². The predicted octanol–water partition coefficient (Wildman–Crippen LogP) is 1.65. The minimum Gasteiger partial charge on any atom is -0.497 e. The number of aliphatic hydroxyl groups is 3. The standard InChI is InChI=1S/C17H21ClN6O4/c1-28-10-4-2-9(3-5-10)23-24-12-15(18)21-17(19)22-16(12)20-11-6-8(7-25)13(26)14(11)27/h2-5,8,11,13-14,25-27H,6-7H2,1H3,(H3,19,20,21,22)/t8-,11-,13-,14+/m1/s1. The maximum absolute atomic E-state index is 10.2. The number of halogens is 1. The van der Waals surface area contributed by atoms with Crippen molar-refractivity contribution in [1.29, 1.82) is 0 Å². The molecule has 0 saturated heterocycles. The Bertz CT molecular complexity index is 850. The third-order valence-electron chi connectivity index (χ3n) is 4.56. The van der Waals surface area contributed by atoms with Crippen molar-refractivity contribution in [2.75, 3.05) is 24.8 Å². The highest BCUT2D eigenvalue weighted by Gasteiger charge is 2.41. The number of nitrogens with zero attached hydrogens (tertiary/aromatic N) is 4. The monoisotopic (exact) mass is 408 g/mol. The Morgan fingerprint density at radius 3 is 2.54 bits per heavy atom. The molecule has 1 aromatic carbocycles. The average Bonchev–Trinajstić information content (AvgIpc) is 2.95. The SMILES string of the molecule is COc1ccc(N=Nc2c(Cl)nc(N)nc2N[C@@H]2C[C@H](CO)[C@@H](O)[C@H]2O)cc1. The van der Waals surface area contributed by atoms with Crippen molar-refractivity contribution in [1.82, 2.24) is 9.97 Å². The number of nitrogens with one attached hydrogen (secondary N) is 1. The Balaban J connectivity index is 1.86. The summed E-state index contributed by atoms with van der Waals surface area (Å²) < 4.78 is 5.10. The van der Waals surface area contributed by atoms with Crippen molar-refractivity contribution in [3.05, 3.63) is 29.4 Å². The fraction of sp³-hybridized carbons (Fsp3) is 0.412. The average molecular weight is 409 g/mol. The smallest absolute Gasteiger partial charge is 0.223 e. The molecule has 1 aliphatic rings. The maximum Gasteiger partial charge on any atom is 0.223 e. The third-order valence-corrected chi connectivity index (χ3v) is 4.82. The molecule has 6 N–H and O–H groups in total. The highest BCUT2D eigenvalue weighted by atomic mass is 35.5. The molecule has 3 rings (SSSR count). The highest BCUT2D eigenvalue weighted by Crippen LogP contribution is 2.36. The number of nitrogen functional groups attached to an aromatic ring is 1. The quantitative estimate of drug-likeness (QED) is 0.356. The van der Waals surface area contributed by atoms with Crippen LogP contribution in [0.3, 0.4) is 0 Å². The molecule has 1 saturated carbocycles. The molecule has 1 heterocycles. The zero-order valence-corrected chi connectivity index (χ0v) is 15.8. The second kappa shape index (κ2) is 8.65. The van der Waals surface area contributed by atoms with Crippen LogP contribution in [0.1, 0.15) is 6.42 Å². The molecule has 0 unspecified atom stereocenters. The van der Waals surface area contributed by atoms with Gasteiger partial charge in [0, 0.05) is 12.5 Å². The van der Waals surface area contributed by atoms with Crippen molar-refractivity contribution in [3.63, 3.8) is 0 Å². The van der Waals surface area contributed by atoms with Gasteiger partial charge in [0.2, 0.25) is 5.95 Å². The van der Waals surface area contributed by atoms with Gasteiger partial charge in [0.05, 0.1) is 24.9 Å². The lowest BCUT2D eigenvalue weighted by molar-refractivity contribution is 0.00446. The molecule has 0 bridgehead atoms. The summed E-state index contributed by atoms with van der Waals surface area (Å²) in [5.41, 5.74) is 6.36. The van der Waals surface area contributed by atoms with Crippen molar-refractivity contribution >= 4 is 34.7 Å². The highest BCUT2D eigenvalue weighted by molar-refractivity contribution is 6.32. The molecule has 0 amide bonds. The van der Waals surface area contributed by atoms with Crippen LogP contribution in [0.2, 0.25) is 5.15 Å². The maximum atomic E-state index is 10.2. The van der Waals surface area contributed by atoms with Crippen LogP contribution in [0.15, 0.2) is 34.5 Å². The summed E-state index contributed by atoms with van der Waals surface area (Å²) in [5.74, 6) is 0.321. The predicted molar refractivity (Wildman–Crippen MR) is 103 cm³/mol. The van der Waals surface area contributed by atoms with Crippen LogP contribution < -0.4 is 15.8 Å². The minimum absolute atomic E-state index is 0.0148. The first kappa shape index (κ1) is 20.2. The van der Waals surface area contributed by atoms with Gasteiger partial charge in [-0.25, -0.2) is 0 Å². The molecule has 1 fully saturated rings. The second-order valence-corrected chi connectivity index (χ2v) is 6.74. The normalized spacial score (nSPS) is 24.6. The zero-order chi connectivity index (χ0) is 20.3. The van der Waals surface area contributed by atoms with Crippen LogP contribution in [0.25, 0.3) is 0 Å². The van der Waals surface area contributed by atoms with Gasteiger partial charge in [0.15, 0.2) is 16.7 Å². The van der Waals surface area contributed by atoms with E-state index in [-0.39, 0.29) is 29.2 Å². The molecule has 11 heteroatoms. The van der Waals surface area contributed by atoms with Gasteiger partial charge in [-0.15, -0.1) is 5.11 Å². The summed E-state index contributed by atoms with van der Waals surface area (Å²) in [4.78, 5) is 7.97. The van der Waals surface area contributed by atoms with Crippen LogP contribution in [0.5, 0.6) is 5.75 Å². The van der Waals surface area contributed by atoms with Gasteiger partial charge in [-0.1, -0.05) is 11.6 Å².